The molecule has 1 unspecified atom stereocenters. The van der Waals surface area contributed by atoms with Gasteiger partial charge in [-0.05, 0) is 35.7 Å². The van der Waals surface area contributed by atoms with Gasteiger partial charge < -0.3 is 9.64 Å². The number of rotatable bonds is 4. The summed E-state index contributed by atoms with van der Waals surface area (Å²) in [7, 11) is 0. The van der Waals surface area contributed by atoms with Crippen LogP contribution in [0.25, 0.3) is 10.8 Å². The number of hydrogen-bond acceptors (Lipinski definition) is 3. The molecule has 2 heterocycles. The number of thiophene rings is 1. The van der Waals surface area contributed by atoms with Crippen molar-refractivity contribution in [3.05, 3.63) is 64.9 Å². The zero-order valence-corrected chi connectivity index (χ0v) is 14.2. The van der Waals surface area contributed by atoms with Gasteiger partial charge in [-0.1, -0.05) is 42.5 Å². The Morgan fingerprint density at radius 2 is 2.00 bits per heavy atom. The third kappa shape index (κ3) is 2.89. The number of carbonyl (C=O) groups is 1. The van der Waals surface area contributed by atoms with E-state index in [4.69, 9.17) is 4.74 Å². The van der Waals surface area contributed by atoms with Gasteiger partial charge in [0.25, 0.3) is 5.91 Å². The molecule has 4 rings (SSSR count). The second-order valence-electron chi connectivity index (χ2n) is 6.03. The fourth-order valence-corrected chi connectivity index (χ4v) is 4.26. The number of likely N-dealkylation sites (tertiary alicyclic amines) is 1. The fraction of sp³-hybridized carbons (Fsp3) is 0.250. The van der Waals surface area contributed by atoms with Gasteiger partial charge in [-0.3, -0.25) is 4.79 Å². The molecule has 0 spiro atoms. The topological polar surface area (TPSA) is 29.5 Å². The number of hydrogen-bond donors (Lipinski definition) is 0. The van der Waals surface area contributed by atoms with Crippen LogP contribution >= 0.6 is 11.3 Å². The lowest BCUT2D eigenvalue weighted by atomic mass is 10.1. The van der Waals surface area contributed by atoms with Crippen LogP contribution in [0.2, 0.25) is 0 Å². The van der Waals surface area contributed by atoms with Crippen LogP contribution in [0.4, 0.5) is 0 Å². The van der Waals surface area contributed by atoms with Crippen molar-refractivity contribution in [1.29, 1.82) is 0 Å². The Labute approximate surface area is 145 Å². The minimum absolute atomic E-state index is 0.0684. The molecule has 1 fully saturated rings. The van der Waals surface area contributed by atoms with E-state index in [1.165, 1.54) is 4.88 Å². The normalized spacial score (nSPS) is 17.3. The van der Waals surface area contributed by atoms with Gasteiger partial charge in [-0.25, -0.2) is 0 Å². The van der Waals surface area contributed by atoms with Crippen LogP contribution in [-0.2, 0) is 4.79 Å². The number of nitrogens with zero attached hydrogens (tertiary/aromatic N) is 1. The first kappa shape index (κ1) is 15.2. The zero-order valence-electron chi connectivity index (χ0n) is 13.4. The van der Waals surface area contributed by atoms with Gasteiger partial charge in [-0.2, -0.15) is 0 Å². The molecule has 1 atom stereocenters. The maximum Gasteiger partial charge on any atom is 0.261 e. The Balaban J connectivity index is 1.48. The lowest BCUT2D eigenvalue weighted by Gasteiger charge is -2.24. The van der Waals surface area contributed by atoms with Crippen LogP contribution in [0.5, 0.6) is 5.75 Å². The number of ether oxygens (including phenoxy) is 1. The van der Waals surface area contributed by atoms with E-state index < -0.39 is 0 Å². The molecule has 3 nitrogen and oxygen atoms in total. The minimum atomic E-state index is 0.0684. The summed E-state index contributed by atoms with van der Waals surface area (Å²) in [5.74, 6) is 0.840. The smallest absolute Gasteiger partial charge is 0.261 e. The highest BCUT2D eigenvalue weighted by molar-refractivity contribution is 7.10. The number of fused-ring (bicyclic) bond motifs is 1. The standard InChI is InChI=1S/C20H19NO2S/c22-20(21-12-4-9-17(21)19-11-5-13-24-19)14-23-18-10-3-7-15-6-1-2-8-16(15)18/h1-3,5-8,10-11,13,17H,4,9,12,14H2. The first-order chi connectivity index (χ1) is 11.8. The van der Waals surface area contributed by atoms with E-state index in [0.29, 0.717) is 0 Å². The van der Waals surface area contributed by atoms with Crippen molar-refractivity contribution in [2.75, 3.05) is 13.2 Å². The lowest BCUT2D eigenvalue weighted by Crippen LogP contribution is -2.34. The SMILES string of the molecule is O=C(COc1cccc2ccccc12)N1CCCC1c1cccs1. The van der Waals surface area contributed by atoms with Gasteiger partial charge >= 0.3 is 0 Å². The monoisotopic (exact) mass is 337 g/mol. The molecule has 1 saturated heterocycles. The minimum Gasteiger partial charge on any atom is -0.483 e. The molecule has 1 aliphatic rings. The molecule has 122 valence electrons. The third-order valence-corrected chi connectivity index (χ3v) is 5.52. The van der Waals surface area contributed by atoms with Gasteiger partial charge in [0.05, 0.1) is 6.04 Å². The molecule has 0 N–H and O–H groups in total. The molecule has 0 saturated carbocycles. The van der Waals surface area contributed by atoms with E-state index >= 15 is 0 Å². The Hall–Kier alpha value is -2.33. The summed E-state index contributed by atoms with van der Waals surface area (Å²) < 4.78 is 5.87. The van der Waals surface area contributed by atoms with Gasteiger partial charge in [0.1, 0.15) is 5.75 Å². The zero-order chi connectivity index (χ0) is 16.4. The Bertz CT molecular complexity index is 838. The van der Waals surface area contributed by atoms with E-state index in [1.807, 2.05) is 41.3 Å². The first-order valence-electron chi connectivity index (χ1n) is 8.26. The molecule has 1 aliphatic heterocycles. The predicted molar refractivity (Wildman–Crippen MR) is 97.5 cm³/mol. The Kier molecular flexibility index (Phi) is 4.22. The van der Waals surface area contributed by atoms with Gasteiger partial charge in [-0.15, -0.1) is 11.3 Å². The summed E-state index contributed by atoms with van der Waals surface area (Å²) in [4.78, 5) is 15.9. The Morgan fingerprint density at radius 3 is 2.88 bits per heavy atom. The molecule has 4 heteroatoms. The highest BCUT2D eigenvalue weighted by atomic mass is 32.1. The molecule has 2 aromatic carbocycles. The first-order valence-corrected chi connectivity index (χ1v) is 9.14. The molecule has 0 bridgehead atoms. The average Bonchev–Trinajstić information content (AvgIpc) is 3.30. The second-order valence-corrected chi connectivity index (χ2v) is 7.01. The molecule has 0 aliphatic carbocycles. The van der Waals surface area contributed by atoms with Crippen molar-refractivity contribution >= 4 is 28.0 Å². The van der Waals surface area contributed by atoms with Crippen LogP contribution in [0.1, 0.15) is 23.8 Å². The molecular weight excluding hydrogens is 318 g/mol. The van der Waals surface area contributed by atoms with E-state index in [-0.39, 0.29) is 18.6 Å². The summed E-state index contributed by atoms with van der Waals surface area (Å²) in [5.41, 5.74) is 0. The number of benzene rings is 2. The molecule has 0 radical (unpaired) electrons. The van der Waals surface area contributed by atoms with Crippen LogP contribution in [0.3, 0.4) is 0 Å². The number of amides is 1. The lowest BCUT2D eigenvalue weighted by molar-refractivity contribution is -0.134. The highest BCUT2D eigenvalue weighted by Gasteiger charge is 2.30. The molecule has 1 aromatic heterocycles. The largest absolute Gasteiger partial charge is 0.483 e. The predicted octanol–water partition coefficient (Wildman–Crippen LogP) is 4.64. The van der Waals surface area contributed by atoms with Crippen molar-refractivity contribution in [1.82, 2.24) is 4.90 Å². The third-order valence-electron chi connectivity index (χ3n) is 4.55. The van der Waals surface area contributed by atoms with Crippen LogP contribution in [0, 0.1) is 0 Å². The van der Waals surface area contributed by atoms with Crippen molar-refractivity contribution < 1.29 is 9.53 Å². The maximum atomic E-state index is 12.7. The van der Waals surface area contributed by atoms with Crippen molar-refractivity contribution in [2.24, 2.45) is 0 Å². The number of carbonyl (C=O) groups excluding carboxylic acids is 1. The highest BCUT2D eigenvalue weighted by Crippen LogP contribution is 2.34. The Morgan fingerprint density at radius 1 is 1.12 bits per heavy atom. The van der Waals surface area contributed by atoms with E-state index in [2.05, 4.69) is 23.6 Å². The molecular formula is C20H19NO2S. The summed E-state index contributed by atoms with van der Waals surface area (Å²) in [5, 5.41) is 4.24. The summed E-state index contributed by atoms with van der Waals surface area (Å²) in [6, 6.07) is 18.4. The van der Waals surface area contributed by atoms with Crippen molar-refractivity contribution in [2.45, 2.75) is 18.9 Å². The van der Waals surface area contributed by atoms with Crippen molar-refractivity contribution in [3.63, 3.8) is 0 Å². The second kappa shape index (κ2) is 6.65. The quantitative estimate of drug-likeness (QED) is 0.694. The van der Waals surface area contributed by atoms with Crippen LogP contribution in [-0.4, -0.2) is 24.0 Å². The van der Waals surface area contributed by atoms with Gasteiger partial charge in [0.2, 0.25) is 0 Å². The van der Waals surface area contributed by atoms with Crippen LogP contribution < -0.4 is 4.74 Å². The van der Waals surface area contributed by atoms with E-state index in [0.717, 1.165) is 35.9 Å². The molecule has 24 heavy (non-hydrogen) atoms. The average molecular weight is 337 g/mol. The fourth-order valence-electron chi connectivity index (χ4n) is 3.39. The summed E-state index contributed by atoms with van der Waals surface area (Å²) in [6.07, 6.45) is 2.10. The van der Waals surface area contributed by atoms with Gasteiger partial charge in [0, 0.05) is 16.8 Å². The van der Waals surface area contributed by atoms with Gasteiger partial charge in [0.15, 0.2) is 6.61 Å². The summed E-state index contributed by atoms with van der Waals surface area (Å²) >= 11 is 1.72. The van der Waals surface area contributed by atoms with Crippen molar-refractivity contribution in [3.8, 4) is 5.75 Å². The van der Waals surface area contributed by atoms with E-state index in [1.54, 1.807) is 11.3 Å². The molecule has 1 amide bonds. The summed E-state index contributed by atoms with van der Waals surface area (Å²) in [6.45, 7) is 0.913. The molecule has 3 aromatic rings. The maximum absolute atomic E-state index is 12.7. The van der Waals surface area contributed by atoms with E-state index in [9.17, 15) is 4.79 Å². The van der Waals surface area contributed by atoms with Crippen LogP contribution in [0.15, 0.2) is 60.0 Å².